The third kappa shape index (κ3) is 5.68. The van der Waals surface area contributed by atoms with Gasteiger partial charge in [0, 0.05) is 25.9 Å². The molecule has 0 aliphatic carbocycles. The Kier molecular flexibility index (Phi) is 6.99. The van der Waals surface area contributed by atoms with Crippen LogP contribution in [0.3, 0.4) is 0 Å². The van der Waals surface area contributed by atoms with Crippen LogP contribution in [0.1, 0.15) is 20.8 Å². The molecule has 120 valence electrons. The average molecular weight is 310 g/mol. The molecule has 0 aromatic rings. The maximum atomic E-state index is 12.5. The molecule has 0 bridgehead atoms. The predicted molar refractivity (Wildman–Crippen MR) is 57.8 cm³/mol. The first kappa shape index (κ1) is 19.2. The largest absolute Gasteiger partial charge is 0.421 e. The third-order valence-corrected chi connectivity index (χ3v) is 1.97. The summed E-state index contributed by atoms with van der Waals surface area (Å²) >= 11 is 0. The lowest BCUT2D eigenvalue weighted by Crippen LogP contribution is -2.40. The Morgan fingerprint density at radius 2 is 1.05 bits per heavy atom. The molecular weight excluding hydrogens is 294 g/mol. The number of ether oxygens (including phenoxy) is 3. The first-order valence-electron chi connectivity index (χ1n) is 5.81. The fraction of sp³-hybridized carbons (Fsp3) is 0.818. The molecule has 0 aromatic carbocycles. The normalized spacial score (nSPS) is 13.4. The van der Waals surface area contributed by atoms with Crippen LogP contribution in [-0.2, 0) is 14.2 Å². The Labute approximate surface area is 112 Å². The van der Waals surface area contributed by atoms with E-state index in [9.17, 15) is 26.3 Å². The number of hydrogen-bond donors (Lipinski definition) is 0. The highest BCUT2D eigenvalue weighted by Gasteiger charge is 2.53. The van der Waals surface area contributed by atoms with Crippen LogP contribution < -0.4 is 0 Å². The fourth-order valence-electron chi connectivity index (χ4n) is 1.35. The Hall–Kier alpha value is -0.800. The molecule has 0 unspecified atom stereocenters. The minimum Gasteiger partial charge on any atom is -0.324 e. The summed E-state index contributed by atoms with van der Waals surface area (Å²) in [6.07, 6.45) is -11.4. The molecule has 0 fully saturated rings. The van der Waals surface area contributed by atoms with Gasteiger partial charge in [0.15, 0.2) is 0 Å². The van der Waals surface area contributed by atoms with E-state index in [1.54, 1.807) is 0 Å². The number of halogens is 6. The highest BCUT2D eigenvalue weighted by Crippen LogP contribution is 2.40. The van der Waals surface area contributed by atoms with Crippen LogP contribution in [0.15, 0.2) is 11.6 Å². The first-order valence-corrected chi connectivity index (χ1v) is 5.81. The quantitative estimate of drug-likeness (QED) is 0.407. The van der Waals surface area contributed by atoms with Gasteiger partial charge >= 0.3 is 18.3 Å². The van der Waals surface area contributed by atoms with Crippen LogP contribution in [0, 0.1) is 0 Å². The summed E-state index contributed by atoms with van der Waals surface area (Å²) in [7, 11) is 0. The second kappa shape index (κ2) is 7.28. The van der Waals surface area contributed by atoms with Gasteiger partial charge in [-0.05, 0) is 20.8 Å². The predicted octanol–water partition coefficient (Wildman–Crippen LogP) is 3.80. The first-order chi connectivity index (χ1) is 9.02. The summed E-state index contributed by atoms with van der Waals surface area (Å²) in [5.41, 5.74) is -2.74. The fourth-order valence-corrected chi connectivity index (χ4v) is 1.35. The van der Waals surface area contributed by atoms with Gasteiger partial charge in [-0.1, -0.05) is 0 Å². The molecule has 9 heteroatoms. The zero-order valence-corrected chi connectivity index (χ0v) is 11.2. The van der Waals surface area contributed by atoms with Crippen molar-refractivity contribution in [3.05, 3.63) is 11.6 Å². The Balaban J connectivity index is 5.79. The average Bonchev–Trinajstić information content (AvgIpc) is 2.24. The van der Waals surface area contributed by atoms with Crippen LogP contribution in [0.4, 0.5) is 26.3 Å². The SMILES string of the molecule is CCOC(C=C(C(F)(F)F)C(F)(F)F)(OCC)OCC. The van der Waals surface area contributed by atoms with Crippen molar-refractivity contribution in [3.8, 4) is 0 Å². The lowest BCUT2D eigenvalue weighted by atomic mass is 10.2. The zero-order chi connectivity index (χ0) is 16.0. The van der Waals surface area contributed by atoms with E-state index < -0.39 is 23.9 Å². The van der Waals surface area contributed by atoms with Crippen LogP contribution in [0.2, 0.25) is 0 Å². The van der Waals surface area contributed by atoms with Gasteiger partial charge in [0.1, 0.15) is 5.57 Å². The van der Waals surface area contributed by atoms with Crippen LogP contribution in [0.25, 0.3) is 0 Å². The van der Waals surface area contributed by atoms with E-state index in [0.29, 0.717) is 0 Å². The molecule has 0 rings (SSSR count). The van der Waals surface area contributed by atoms with Crippen molar-refractivity contribution in [1.29, 1.82) is 0 Å². The summed E-state index contributed by atoms with van der Waals surface area (Å²) in [6, 6.07) is 0. The number of allylic oxidation sites excluding steroid dienone is 1. The maximum Gasteiger partial charge on any atom is 0.421 e. The van der Waals surface area contributed by atoms with E-state index in [4.69, 9.17) is 14.2 Å². The van der Waals surface area contributed by atoms with Crippen LogP contribution >= 0.6 is 0 Å². The number of rotatable bonds is 7. The van der Waals surface area contributed by atoms with Crippen molar-refractivity contribution < 1.29 is 40.6 Å². The standard InChI is InChI=1S/C11H16F6O3/c1-4-18-9(19-5-2,20-6-3)7-8(10(12,13)14)11(15,16)17/h7H,4-6H2,1-3H3. The van der Waals surface area contributed by atoms with Crippen molar-refractivity contribution in [2.24, 2.45) is 0 Å². The van der Waals surface area contributed by atoms with E-state index in [1.807, 2.05) is 0 Å². The number of hydrogen-bond acceptors (Lipinski definition) is 3. The monoisotopic (exact) mass is 310 g/mol. The molecule has 0 spiro atoms. The summed E-state index contributed by atoms with van der Waals surface area (Å²) in [4.78, 5) is 0. The van der Waals surface area contributed by atoms with E-state index in [1.165, 1.54) is 20.8 Å². The van der Waals surface area contributed by atoms with Crippen molar-refractivity contribution in [2.75, 3.05) is 19.8 Å². The maximum absolute atomic E-state index is 12.5. The van der Waals surface area contributed by atoms with Gasteiger partial charge < -0.3 is 14.2 Å². The molecule has 0 radical (unpaired) electrons. The van der Waals surface area contributed by atoms with Gasteiger partial charge in [-0.15, -0.1) is 0 Å². The molecule has 0 aromatic heterocycles. The van der Waals surface area contributed by atoms with Gasteiger partial charge in [0.05, 0.1) is 0 Å². The van der Waals surface area contributed by atoms with E-state index in [0.717, 1.165) is 0 Å². The molecule has 0 saturated heterocycles. The number of alkyl halides is 6. The Bertz CT molecular complexity index is 288. The van der Waals surface area contributed by atoms with Crippen molar-refractivity contribution in [3.63, 3.8) is 0 Å². The molecule has 20 heavy (non-hydrogen) atoms. The summed E-state index contributed by atoms with van der Waals surface area (Å²) in [5.74, 6) is -2.52. The van der Waals surface area contributed by atoms with E-state index >= 15 is 0 Å². The lowest BCUT2D eigenvalue weighted by molar-refractivity contribution is -0.348. The summed E-state index contributed by atoms with van der Waals surface area (Å²) < 4.78 is 89.5. The molecule has 0 amide bonds. The Morgan fingerprint density at radius 3 is 1.25 bits per heavy atom. The van der Waals surface area contributed by atoms with Gasteiger partial charge in [0.2, 0.25) is 0 Å². The topological polar surface area (TPSA) is 27.7 Å². The van der Waals surface area contributed by atoms with Crippen LogP contribution in [-0.4, -0.2) is 38.1 Å². The van der Waals surface area contributed by atoms with Gasteiger partial charge in [0.25, 0.3) is 0 Å². The van der Waals surface area contributed by atoms with Gasteiger partial charge in [-0.2, -0.15) is 26.3 Å². The molecule has 0 N–H and O–H groups in total. The van der Waals surface area contributed by atoms with Crippen LogP contribution in [0.5, 0.6) is 0 Å². The minimum atomic E-state index is -5.60. The molecule has 0 saturated carbocycles. The molecule has 0 heterocycles. The van der Waals surface area contributed by atoms with Gasteiger partial charge in [-0.25, -0.2) is 0 Å². The molecule has 3 nitrogen and oxygen atoms in total. The molecule has 0 aliphatic heterocycles. The molecule has 0 atom stereocenters. The second-order valence-corrected chi connectivity index (χ2v) is 3.46. The second-order valence-electron chi connectivity index (χ2n) is 3.46. The highest BCUT2D eigenvalue weighted by atomic mass is 19.4. The van der Waals surface area contributed by atoms with Gasteiger partial charge in [-0.3, -0.25) is 0 Å². The van der Waals surface area contributed by atoms with Crippen molar-refractivity contribution >= 4 is 0 Å². The van der Waals surface area contributed by atoms with E-state index in [2.05, 4.69) is 0 Å². The summed E-state index contributed by atoms with van der Waals surface area (Å²) in [6.45, 7) is 3.59. The Morgan fingerprint density at radius 1 is 0.750 bits per heavy atom. The molecular formula is C11H16F6O3. The third-order valence-electron chi connectivity index (χ3n) is 1.97. The minimum absolute atomic E-state index is 0.195. The highest BCUT2D eigenvalue weighted by molar-refractivity contribution is 5.18. The van der Waals surface area contributed by atoms with Crippen molar-refractivity contribution in [1.82, 2.24) is 0 Å². The molecule has 0 aliphatic rings. The smallest absolute Gasteiger partial charge is 0.324 e. The lowest BCUT2D eigenvalue weighted by Gasteiger charge is -2.31. The van der Waals surface area contributed by atoms with Crippen molar-refractivity contribution in [2.45, 2.75) is 39.1 Å². The van der Waals surface area contributed by atoms with E-state index in [-0.39, 0.29) is 25.9 Å². The zero-order valence-electron chi connectivity index (χ0n) is 11.2. The summed E-state index contributed by atoms with van der Waals surface area (Å²) in [5, 5.41) is 0.